The average Bonchev–Trinajstić information content (AvgIpc) is 2.67. The number of piperidine rings is 1. The van der Waals surface area contributed by atoms with Crippen LogP contribution >= 0.6 is 0 Å². The van der Waals surface area contributed by atoms with Gasteiger partial charge in [-0.3, -0.25) is 4.79 Å². The molecule has 26 heavy (non-hydrogen) atoms. The Balaban J connectivity index is 1.71. The Kier molecular flexibility index (Phi) is 5.52. The Bertz CT molecular complexity index is 799. The summed E-state index contributed by atoms with van der Waals surface area (Å²) in [6.45, 7) is 5.10. The monoisotopic (exact) mass is 355 g/mol. The number of likely N-dealkylation sites (tertiary alicyclic amines) is 1. The van der Waals surface area contributed by atoms with Crippen LogP contribution in [0.3, 0.4) is 0 Å². The van der Waals surface area contributed by atoms with Crippen molar-refractivity contribution in [3.8, 4) is 5.75 Å². The van der Waals surface area contributed by atoms with E-state index in [2.05, 4.69) is 9.97 Å². The predicted octanol–water partition coefficient (Wildman–Crippen LogP) is 2.61. The van der Waals surface area contributed by atoms with Gasteiger partial charge in [0.1, 0.15) is 11.6 Å². The molecule has 6 nitrogen and oxygen atoms in total. The van der Waals surface area contributed by atoms with Crippen LogP contribution in [0.15, 0.2) is 24.4 Å². The van der Waals surface area contributed by atoms with Crippen LogP contribution in [0.1, 0.15) is 51.8 Å². The third-order valence-electron chi connectivity index (χ3n) is 5.02. The number of nitrogens with zero attached hydrogens (tertiary/aromatic N) is 3. The van der Waals surface area contributed by atoms with Crippen LogP contribution in [0.25, 0.3) is 0 Å². The molecule has 1 saturated heterocycles. The van der Waals surface area contributed by atoms with Gasteiger partial charge in [0.15, 0.2) is 0 Å². The molecule has 1 aromatic carbocycles. The van der Waals surface area contributed by atoms with E-state index < -0.39 is 0 Å². The summed E-state index contributed by atoms with van der Waals surface area (Å²) in [5.41, 5.74) is 3.35. The highest BCUT2D eigenvalue weighted by molar-refractivity contribution is 5.95. The first-order valence-electron chi connectivity index (χ1n) is 8.90. The maximum Gasteiger partial charge on any atom is 0.254 e. The number of methoxy groups -OCH3 is 1. The van der Waals surface area contributed by atoms with E-state index in [1.165, 1.54) is 0 Å². The van der Waals surface area contributed by atoms with Gasteiger partial charge in [-0.25, -0.2) is 9.97 Å². The number of aliphatic hydroxyl groups excluding tert-OH is 1. The lowest BCUT2D eigenvalue weighted by Crippen LogP contribution is -2.38. The molecule has 1 fully saturated rings. The Labute approximate surface area is 153 Å². The van der Waals surface area contributed by atoms with Gasteiger partial charge in [-0.1, -0.05) is 0 Å². The van der Waals surface area contributed by atoms with E-state index in [9.17, 15) is 9.90 Å². The van der Waals surface area contributed by atoms with Crippen LogP contribution in [0.4, 0.5) is 0 Å². The SMILES string of the molecule is COc1ccc(C(=O)N2CCC(c3nc(C)ncc3CO)CC2)c(C)c1. The van der Waals surface area contributed by atoms with E-state index >= 15 is 0 Å². The molecule has 0 unspecified atom stereocenters. The first kappa shape index (κ1) is 18.3. The first-order chi connectivity index (χ1) is 12.5. The molecule has 0 radical (unpaired) electrons. The number of rotatable bonds is 4. The van der Waals surface area contributed by atoms with Gasteiger partial charge in [0.2, 0.25) is 0 Å². The number of hydrogen-bond donors (Lipinski definition) is 1. The summed E-state index contributed by atoms with van der Waals surface area (Å²) < 4.78 is 5.21. The molecule has 0 atom stereocenters. The topological polar surface area (TPSA) is 75.5 Å². The Morgan fingerprint density at radius 2 is 2.04 bits per heavy atom. The van der Waals surface area contributed by atoms with Gasteiger partial charge in [0, 0.05) is 36.3 Å². The van der Waals surface area contributed by atoms with Gasteiger partial charge in [-0.15, -0.1) is 0 Å². The molecule has 3 rings (SSSR count). The highest BCUT2D eigenvalue weighted by atomic mass is 16.5. The molecular formula is C20H25N3O3. The van der Waals surface area contributed by atoms with Gasteiger partial charge in [0.25, 0.3) is 5.91 Å². The van der Waals surface area contributed by atoms with Gasteiger partial charge in [0.05, 0.1) is 19.4 Å². The molecule has 138 valence electrons. The van der Waals surface area contributed by atoms with Gasteiger partial charge in [-0.05, 0) is 50.5 Å². The van der Waals surface area contributed by atoms with Crippen LogP contribution in [-0.4, -0.2) is 46.1 Å². The number of aromatic nitrogens is 2. The number of aliphatic hydroxyl groups is 1. The summed E-state index contributed by atoms with van der Waals surface area (Å²) in [6.07, 6.45) is 3.38. The molecule has 2 aromatic rings. The molecule has 2 heterocycles. The number of benzene rings is 1. The molecule has 0 aliphatic carbocycles. The summed E-state index contributed by atoms with van der Waals surface area (Å²) in [5, 5.41) is 9.55. The second-order valence-electron chi connectivity index (χ2n) is 6.73. The number of amides is 1. The minimum Gasteiger partial charge on any atom is -0.497 e. The van der Waals surface area contributed by atoms with E-state index in [1.807, 2.05) is 36.9 Å². The maximum atomic E-state index is 12.9. The minimum atomic E-state index is -0.0558. The van der Waals surface area contributed by atoms with Gasteiger partial charge < -0.3 is 14.7 Å². The third kappa shape index (κ3) is 3.70. The van der Waals surface area contributed by atoms with Crippen molar-refractivity contribution in [2.45, 2.75) is 39.2 Å². The minimum absolute atomic E-state index is 0.0558. The number of ether oxygens (including phenoxy) is 1. The summed E-state index contributed by atoms with van der Waals surface area (Å²) in [6, 6.07) is 5.54. The molecule has 0 saturated carbocycles. The average molecular weight is 355 g/mol. The lowest BCUT2D eigenvalue weighted by Gasteiger charge is -2.32. The third-order valence-corrected chi connectivity index (χ3v) is 5.02. The zero-order valence-electron chi connectivity index (χ0n) is 15.5. The second-order valence-corrected chi connectivity index (χ2v) is 6.73. The van der Waals surface area contributed by atoms with Crippen molar-refractivity contribution in [2.75, 3.05) is 20.2 Å². The van der Waals surface area contributed by atoms with Crippen molar-refractivity contribution >= 4 is 5.91 Å². The van der Waals surface area contributed by atoms with Crippen LogP contribution < -0.4 is 4.74 Å². The van der Waals surface area contributed by atoms with Gasteiger partial charge in [-0.2, -0.15) is 0 Å². The quantitative estimate of drug-likeness (QED) is 0.912. The molecule has 0 spiro atoms. The lowest BCUT2D eigenvalue weighted by atomic mass is 9.90. The van der Waals surface area contributed by atoms with Crippen molar-refractivity contribution in [3.63, 3.8) is 0 Å². The fourth-order valence-corrected chi connectivity index (χ4v) is 3.52. The van der Waals surface area contributed by atoms with Crippen molar-refractivity contribution in [1.82, 2.24) is 14.9 Å². The van der Waals surface area contributed by atoms with E-state index in [1.54, 1.807) is 13.3 Å². The standard InChI is InChI=1S/C20H25N3O3/c1-13-10-17(26-3)4-5-18(13)20(25)23-8-6-15(7-9-23)19-16(12-24)11-21-14(2)22-19/h4-5,10-11,15,24H,6-9,12H2,1-3H3. The number of hydrogen-bond acceptors (Lipinski definition) is 5. The summed E-state index contributed by atoms with van der Waals surface area (Å²) in [5.74, 6) is 1.78. The van der Waals surface area contributed by atoms with Crippen molar-refractivity contribution in [2.24, 2.45) is 0 Å². The normalized spacial score (nSPS) is 15.2. The van der Waals surface area contributed by atoms with Crippen molar-refractivity contribution < 1.29 is 14.6 Å². The molecule has 1 N–H and O–H groups in total. The summed E-state index contributed by atoms with van der Waals surface area (Å²) >= 11 is 0. The van der Waals surface area contributed by atoms with Gasteiger partial charge >= 0.3 is 0 Å². The number of aryl methyl sites for hydroxylation is 2. The first-order valence-corrected chi connectivity index (χ1v) is 8.90. The molecular weight excluding hydrogens is 330 g/mol. The lowest BCUT2D eigenvalue weighted by molar-refractivity contribution is 0.0710. The number of carbonyl (C=O) groups is 1. The molecule has 0 bridgehead atoms. The molecule has 1 amide bonds. The Morgan fingerprint density at radius 3 is 2.65 bits per heavy atom. The maximum absolute atomic E-state index is 12.9. The largest absolute Gasteiger partial charge is 0.497 e. The predicted molar refractivity (Wildman–Crippen MR) is 98.3 cm³/mol. The van der Waals surface area contributed by atoms with E-state index in [-0.39, 0.29) is 18.4 Å². The molecule has 1 aromatic heterocycles. The van der Waals surface area contributed by atoms with E-state index in [4.69, 9.17) is 4.74 Å². The smallest absolute Gasteiger partial charge is 0.254 e. The summed E-state index contributed by atoms with van der Waals surface area (Å²) in [7, 11) is 1.62. The van der Waals surface area contributed by atoms with E-state index in [0.717, 1.165) is 41.0 Å². The second kappa shape index (κ2) is 7.83. The van der Waals surface area contributed by atoms with Crippen molar-refractivity contribution in [3.05, 3.63) is 52.6 Å². The molecule has 1 aliphatic heterocycles. The summed E-state index contributed by atoms with van der Waals surface area (Å²) in [4.78, 5) is 23.5. The Morgan fingerprint density at radius 1 is 1.31 bits per heavy atom. The molecule has 1 aliphatic rings. The zero-order valence-corrected chi connectivity index (χ0v) is 15.5. The fraction of sp³-hybridized carbons (Fsp3) is 0.450. The van der Waals surface area contributed by atoms with Crippen LogP contribution in [0.5, 0.6) is 5.75 Å². The van der Waals surface area contributed by atoms with Crippen molar-refractivity contribution in [1.29, 1.82) is 0 Å². The van der Waals surface area contributed by atoms with E-state index in [0.29, 0.717) is 18.9 Å². The van der Waals surface area contributed by atoms with Crippen LogP contribution in [0.2, 0.25) is 0 Å². The van der Waals surface area contributed by atoms with Crippen LogP contribution in [-0.2, 0) is 6.61 Å². The number of carbonyl (C=O) groups excluding carboxylic acids is 1. The van der Waals surface area contributed by atoms with Crippen LogP contribution in [0, 0.1) is 13.8 Å². The fourth-order valence-electron chi connectivity index (χ4n) is 3.52. The molecule has 6 heteroatoms. The highest BCUT2D eigenvalue weighted by Crippen LogP contribution is 2.30. The highest BCUT2D eigenvalue weighted by Gasteiger charge is 2.27. The zero-order chi connectivity index (χ0) is 18.7. The Hall–Kier alpha value is -2.47.